The molecule has 0 amide bonds. The third-order valence-corrected chi connectivity index (χ3v) is 23.4. The number of hydrogen-bond donors (Lipinski definition) is 0. The van der Waals surface area contributed by atoms with Gasteiger partial charge in [-0.2, -0.15) is 11.6 Å². The first-order chi connectivity index (χ1) is 43.0. The Morgan fingerprint density at radius 2 is 0.409 bits per heavy atom. The summed E-state index contributed by atoms with van der Waals surface area (Å²) in [5, 5.41) is 59.8. The normalized spacial score (nSPS) is 12.9. The Morgan fingerprint density at radius 1 is 0.161 bits per heavy atom. The van der Waals surface area contributed by atoms with Crippen molar-refractivity contribution < 1.29 is 164 Å². The van der Waals surface area contributed by atoms with Gasteiger partial charge in [-0.25, -0.2) is 0 Å². The summed E-state index contributed by atoms with van der Waals surface area (Å²) in [6, 6.07) is 72.1. The van der Waals surface area contributed by atoms with Crippen LogP contribution in [0.1, 0.15) is 44.5 Å². The molecule has 0 nitrogen and oxygen atoms in total. The molecule has 5 heteroatoms. The molecule has 24 rings (SSSR count). The average molecular weight is 1550 g/mol. The van der Waals surface area contributed by atoms with Crippen molar-refractivity contribution in [3.63, 3.8) is 0 Å². The van der Waals surface area contributed by atoms with Crippen molar-refractivity contribution in [3.8, 4) is 0 Å². The van der Waals surface area contributed by atoms with Gasteiger partial charge in [-0.3, -0.25) is 0 Å². The summed E-state index contributed by atoms with van der Waals surface area (Å²) in [6.07, 6.45) is 0. The van der Waals surface area contributed by atoms with E-state index in [1.54, 1.807) is 0 Å². The van der Waals surface area contributed by atoms with Crippen molar-refractivity contribution in [1.82, 2.24) is 0 Å². The van der Waals surface area contributed by atoms with Gasteiger partial charge in [0.25, 0.3) is 0 Å². The number of rotatable bonds is 0. The van der Waals surface area contributed by atoms with Gasteiger partial charge in [0.15, 0.2) is 0 Å². The number of benzene rings is 24. The van der Waals surface area contributed by atoms with E-state index < -0.39 is 0 Å². The van der Waals surface area contributed by atoms with Crippen LogP contribution in [0.25, 0.3) is 248 Å². The van der Waals surface area contributed by atoms with Gasteiger partial charge in [0, 0.05) is 164 Å². The molecule has 0 aromatic heterocycles. The second-order valence-corrected chi connectivity index (χ2v) is 27.3. The second kappa shape index (κ2) is 19.3. The van der Waals surface area contributed by atoms with E-state index >= 15 is 0 Å². The molecule has 0 saturated heterocycles. The van der Waals surface area contributed by atoms with Crippen LogP contribution in [0.3, 0.4) is 0 Å². The quantitative estimate of drug-likeness (QED) is 0.0806. The molecule has 0 aliphatic rings. The number of fused-ring (bicyclic) bond motifs is 14. The first kappa shape index (κ1) is 59.4. The fourth-order valence-electron chi connectivity index (χ4n) is 20.3. The molecular weight excluding hydrogens is 1500 g/mol. The molecule has 93 heavy (non-hydrogen) atoms. The Labute approximate surface area is 659 Å². The zero-order valence-corrected chi connectivity index (χ0v) is 66.7. The Bertz CT molecular complexity index is 7060. The van der Waals surface area contributed by atoms with Gasteiger partial charge in [0.2, 0.25) is 0 Å². The Kier molecular flexibility index (Phi) is 12.3. The zero-order chi connectivity index (χ0) is 57.6. The van der Waals surface area contributed by atoms with Crippen LogP contribution >= 0.6 is 0 Å². The van der Waals surface area contributed by atoms with Gasteiger partial charge in [-0.1, -0.05) is 256 Å². The second-order valence-electron chi connectivity index (χ2n) is 27.3. The van der Waals surface area contributed by atoms with E-state index in [1.165, 1.54) is 292 Å². The molecule has 0 aliphatic heterocycles. The van der Waals surface area contributed by atoms with Gasteiger partial charge in [0.1, 0.15) is 0 Å². The smallest absolute Gasteiger partial charge is 0 e. The SMILES string of the molecule is Cc1c[c-]c2c3c1c(C)ccc3c1ccc3c4ccc5c6ccc(C)c7c(C)[c-]cc(c8[c-]c9c(c4c85)c4c3c1c2c1c2[c-]c3c5ccc(C)c8c(C)ccc(c%10ccc%11c%12ccc%13c%14ccc(C)c%15c(C)c[c-]c(c%15%14)c%14c9c(c(c2c%11c3%10)c%12c%13%14)c14)c85)c76.[Y].[Y].[Y].[Y].[Y]. The number of hydrogen-bond acceptors (Lipinski definition) is 0. The van der Waals surface area contributed by atoms with Gasteiger partial charge in [0.05, 0.1) is 0 Å². The maximum absolute atomic E-state index is 4.62. The van der Waals surface area contributed by atoms with Crippen molar-refractivity contribution in [1.29, 1.82) is 0 Å². The van der Waals surface area contributed by atoms with Crippen LogP contribution < -0.4 is 0 Å². The molecule has 5 radical (unpaired) electrons. The summed E-state index contributed by atoms with van der Waals surface area (Å²) in [7, 11) is 0. The minimum absolute atomic E-state index is 0. The van der Waals surface area contributed by atoms with Crippen LogP contribution in [0.15, 0.2) is 127 Å². The van der Waals surface area contributed by atoms with Crippen LogP contribution in [-0.4, -0.2) is 0 Å². The van der Waals surface area contributed by atoms with Crippen LogP contribution in [0.2, 0.25) is 0 Å². The van der Waals surface area contributed by atoms with Crippen molar-refractivity contribution in [2.75, 3.05) is 0 Å². The molecule has 0 bridgehead atoms. The average Bonchev–Trinajstić information content (AvgIpc) is 0.639. The third kappa shape index (κ3) is 6.36. The Hall–Kier alpha value is -4.88. The van der Waals surface area contributed by atoms with Crippen LogP contribution in [-0.2, 0) is 164 Å². The van der Waals surface area contributed by atoms with E-state index in [1.807, 2.05) is 0 Å². The van der Waals surface area contributed by atoms with E-state index in [9.17, 15) is 0 Å². The molecule has 24 aromatic carbocycles. The molecule has 0 saturated carbocycles. The summed E-state index contributed by atoms with van der Waals surface area (Å²) < 4.78 is 0. The minimum atomic E-state index is 0. The standard InChI is InChI=1S/C88H45.5Y/c1-35-9-17-43-47-25-27-51-53-31-29-50-46-20-12-40(6)66-42(8)16-24-58(70(46)66)80-76(50)77(53)85-81-61(33-59(71(47)73(51)81)55-21-13-37(3)63(35)67(43)55)83-79-57-23-15-41(7)65-39(5)11-19-45(69(57)65)49-30-32-54-52-28-26-48-44-18-10-36(2)64-38(4)14-22-56(68(44)64)60-34-62-82(74(52)72(48)60)86(78(54)75(49)79)87(83)88(85)84(62)80;;;;;/h9-13,15-22,25-32H,1-8H3;;;;;/q-5;;;;;. The van der Waals surface area contributed by atoms with Crippen molar-refractivity contribution >= 4 is 248 Å². The summed E-state index contributed by atoms with van der Waals surface area (Å²) in [5.74, 6) is 0. The monoisotopic (exact) mass is 1550 g/mol. The van der Waals surface area contributed by atoms with Gasteiger partial charge < -0.3 is 0 Å². The molecule has 0 N–H and O–H groups in total. The van der Waals surface area contributed by atoms with Crippen LogP contribution in [0.4, 0.5) is 0 Å². The van der Waals surface area contributed by atoms with Crippen molar-refractivity contribution in [2.24, 2.45) is 0 Å². The van der Waals surface area contributed by atoms with Gasteiger partial charge >= 0.3 is 0 Å². The van der Waals surface area contributed by atoms with E-state index in [0.29, 0.717) is 0 Å². The van der Waals surface area contributed by atoms with Gasteiger partial charge in [-0.05, 0) is 125 Å². The molecule has 24 aromatic rings. The van der Waals surface area contributed by atoms with Crippen molar-refractivity contribution in [2.45, 2.75) is 55.4 Å². The molecule has 0 unspecified atom stereocenters. The van der Waals surface area contributed by atoms with Crippen LogP contribution in [0, 0.1) is 85.7 Å². The third-order valence-electron chi connectivity index (χ3n) is 23.4. The first-order valence-corrected chi connectivity index (χ1v) is 31.4. The topological polar surface area (TPSA) is 0 Å². The molecule has 0 aliphatic carbocycles. The predicted octanol–water partition coefficient (Wildman–Crippen LogP) is 24.6. The Morgan fingerprint density at radius 3 is 0.806 bits per heavy atom. The number of aryl methyl sites for hydroxylation is 8. The van der Waals surface area contributed by atoms with E-state index in [4.69, 9.17) is 0 Å². The largest absolute Gasteiger partial charge is 0.174 e. The zero-order valence-electron chi connectivity index (χ0n) is 52.5. The summed E-state index contributed by atoms with van der Waals surface area (Å²) in [5.41, 5.74) is 10.2. The maximum atomic E-state index is 4.62. The first-order valence-electron chi connectivity index (χ1n) is 31.4. The predicted molar refractivity (Wildman–Crippen MR) is 382 cm³/mol. The minimum Gasteiger partial charge on any atom is -0.174 e. The molecule has 0 spiro atoms. The molecule has 0 heterocycles. The summed E-state index contributed by atoms with van der Waals surface area (Å²) in [4.78, 5) is 0. The fraction of sp³-hybridized carbons (Fsp3) is 0.0909. The molecule has 0 fully saturated rings. The molecule has 417 valence electrons. The maximum Gasteiger partial charge on any atom is 0 e. The van der Waals surface area contributed by atoms with E-state index in [0.717, 1.165) is 0 Å². The van der Waals surface area contributed by atoms with E-state index in [2.05, 4.69) is 213 Å². The van der Waals surface area contributed by atoms with Crippen LogP contribution in [0.5, 0.6) is 0 Å². The summed E-state index contributed by atoms with van der Waals surface area (Å²) >= 11 is 0. The van der Waals surface area contributed by atoms with Gasteiger partial charge in [-0.15, -0.1) is 113 Å². The molecular formula is C88H45Y5-5. The molecule has 0 atom stereocenters. The fourth-order valence-corrected chi connectivity index (χ4v) is 20.3. The van der Waals surface area contributed by atoms with E-state index in [-0.39, 0.29) is 164 Å². The van der Waals surface area contributed by atoms with Crippen molar-refractivity contribution in [3.05, 3.63) is 202 Å². The Balaban J connectivity index is 0.00000123. The summed E-state index contributed by atoms with van der Waals surface area (Å²) in [6.45, 7) is 18.3.